The number of hydrogen-bond acceptors (Lipinski definition) is 4. The maximum absolute atomic E-state index is 13.8. The van der Waals surface area contributed by atoms with Gasteiger partial charge < -0.3 is 4.74 Å². The van der Waals surface area contributed by atoms with Gasteiger partial charge in [0.2, 0.25) is 11.9 Å². The van der Waals surface area contributed by atoms with E-state index in [9.17, 15) is 9.18 Å². The fourth-order valence-electron chi connectivity index (χ4n) is 1.47. The Morgan fingerprint density at radius 3 is 2.95 bits per heavy atom. The second-order valence-corrected chi connectivity index (χ2v) is 3.76. The average molecular weight is 264 g/mol. The zero-order valence-corrected chi connectivity index (χ0v) is 10.5. The highest BCUT2D eigenvalue weighted by molar-refractivity contribution is 5.88. The van der Waals surface area contributed by atoms with Crippen molar-refractivity contribution >= 4 is 11.9 Å². The number of nitrogens with one attached hydrogen (secondary N) is 2. The van der Waals surface area contributed by atoms with Crippen LogP contribution in [0.1, 0.15) is 13.3 Å². The predicted octanol–water partition coefficient (Wildman–Crippen LogP) is 1.97. The Labute approximate surface area is 109 Å². The smallest absolute Gasteiger partial charge is 0.249 e. The van der Waals surface area contributed by atoms with E-state index in [-0.39, 0.29) is 23.2 Å². The van der Waals surface area contributed by atoms with Gasteiger partial charge in [-0.3, -0.25) is 15.2 Å². The van der Waals surface area contributed by atoms with Crippen molar-refractivity contribution in [1.82, 2.24) is 15.2 Å². The third kappa shape index (κ3) is 2.87. The highest BCUT2D eigenvalue weighted by Gasteiger charge is 2.12. The Balaban J connectivity index is 2.25. The topological polar surface area (TPSA) is 79.9 Å². The standard InChI is InChI=1S/C12H13FN4O2/c1-3-10(18)14-12-15-11(16-17-12)8-5-4-7(19-2)6-9(8)13/h4-6H,3H2,1-2H3,(H2,14,15,16,17,18). The van der Waals surface area contributed by atoms with Crippen LogP contribution in [0.4, 0.5) is 10.3 Å². The minimum atomic E-state index is -0.483. The van der Waals surface area contributed by atoms with Crippen LogP contribution in [0.2, 0.25) is 0 Å². The van der Waals surface area contributed by atoms with Crippen molar-refractivity contribution in [3.63, 3.8) is 0 Å². The molecule has 0 aliphatic heterocycles. The summed E-state index contributed by atoms with van der Waals surface area (Å²) < 4.78 is 18.7. The fraction of sp³-hybridized carbons (Fsp3) is 0.250. The molecule has 0 fully saturated rings. The van der Waals surface area contributed by atoms with Crippen molar-refractivity contribution in [2.75, 3.05) is 12.4 Å². The summed E-state index contributed by atoms with van der Waals surface area (Å²) in [6.45, 7) is 1.71. The molecule has 0 aliphatic rings. The molecule has 1 heterocycles. The lowest BCUT2D eigenvalue weighted by Crippen LogP contribution is -2.10. The second kappa shape index (κ2) is 5.47. The summed E-state index contributed by atoms with van der Waals surface area (Å²) in [7, 11) is 1.46. The first-order valence-corrected chi connectivity index (χ1v) is 5.70. The summed E-state index contributed by atoms with van der Waals surface area (Å²) in [4.78, 5) is 15.2. The molecule has 0 bridgehead atoms. The number of carbonyl (C=O) groups excluding carboxylic acids is 1. The van der Waals surface area contributed by atoms with Gasteiger partial charge >= 0.3 is 0 Å². The maximum Gasteiger partial charge on any atom is 0.249 e. The highest BCUT2D eigenvalue weighted by atomic mass is 19.1. The first kappa shape index (κ1) is 13.0. The highest BCUT2D eigenvalue weighted by Crippen LogP contribution is 2.23. The molecule has 0 atom stereocenters. The molecule has 2 rings (SSSR count). The lowest BCUT2D eigenvalue weighted by molar-refractivity contribution is -0.115. The molecule has 1 amide bonds. The molecule has 1 aromatic heterocycles. The van der Waals surface area contributed by atoms with Gasteiger partial charge in [0.15, 0.2) is 5.82 Å². The number of aromatic nitrogens is 3. The first-order chi connectivity index (χ1) is 9.13. The second-order valence-electron chi connectivity index (χ2n) is 3.76. The van der Waals surface area contributed by atoms with E-state index in [2.05, 4.69) is 20.5 Å². The molecular formula is C12H13FN4O2. The van der Waals surface area contributed by atoms with Gasteiger partial charge in [0.05, 0.1) is 12.7 Å². The number of halogens is 1. The minimum Gasteiger partial charge on any atom is -0.497 e. The molecule has 2 aromatic rings. The quantitative estimate of drug-likeness (QED) is 0.884. The van der Waals surface area contributed by atoms with Gasteiger partial charge in [0.25, 0.3) is 0 Å². The van der Waals surface area contributed by atoms with Crippen molar-refractivity contribution in [3.8, 4) is 17.1 Å². The van der Waals surface area contributed by atoms with E-state index in [1.807, 2.05) is 0 Å². The maximum atomic E-state index is 13.8. The molecule has 19 heavy (non-hydrogen) atoms. The Kier molecular flexibility index (Phi) is 3.74. The third-order valence-electron chi connectivity index (χ3n) is 2.49. The molecule has 7 heteroatoms. The molecule has 100 valence electrons. The van der Waals surface area contributed by atoms with Crippen LogP contribution >= 0.6 is 0 Å². The van der Waals surface area contributed by atoms with E-state index in [1.54, 1.807) is 13.0 Å². The van der Waals surface area contributed by atoms with Crippen molar-refractivity contribution in [1.29, 1.82) is 0 Å². The van der Waals surface area contributed by atoms with Gasteiger partial charge in [-0.15, -0.1) is 5.10 Å². The van der Waals surface area contributed by atoms with Crippen LogP contribution in [0.3, 0.4) is 0 Å². The minimum absolute atomic E-state index is 0.122. The van der Waals surface area contributed by atoms with E-state index in [1.165, 1.54) is 19.2 Å². The van der Waals surface area contributed by atoms with Crippen LogP contribution in [-0.2, 0) is 4.79 Å². The van der Waals surface area contributed by atoms with Crippen LogP contribution < -0.4 is 10.1 Å². The van der Waals surface area contributed by atoms with Crippen molar-refractivity contribution in [2.45, 2.75) is 13.3 Å². The number of anilines is 1. The van der Waals surface area contributed by atoms with Crippen molar-refractivity contribution < 1.29 is 13.9 Å². The SMILES string of the molecule is CCC(=O)Nc1n[nH]c(-c2ccc(OC)cc2F)n1. The monoisotopic (exact) mass is 264 g/mol. The lowest BCUT2D eigenvalue weighted by Gasteiger charge is -2.02. The zero-order chi connectivity index (χ0) is 13.8. The zero-order valence-electron chi connectivity index (χ0n) is 10.5. The van der Waals surface area contributed by atoms with Gasteiger partial charge in [-0.2, -0.15) is 4.98 Å². The van der Waals surface area contributed by atoms with E-state index >= 15 is 0 Å². The molecule has 0 radical (unpaired) electrons. The van der Waals surface area contributed by atoms with Crippen molar-refractivity contribution in [2.24, 2.45) is 0 Å². The molecule has 0 saturated carbocycles. The lowest BCUT2D eigenvalue weighted by atomic mass is 10.2. The van der Waals surface area contributed by atoms with Crippen LogP contribution in [0.15, 0.2) is 18.2 Å². The number of hydrogen-bond donors (Lipinski definition) is 2. The molecule has 0 saturated heterocycles. The van der Waals surface area contributed by atoms with E-state index < -0.39 is 5.82 Å². The Bertz CT molecular complexity index is 597. The number of aromatic amines is 1. The molecular weight excluding hydrogens is 251 g/mol. The summed E-state index contributed by atoms with van der Waals surface area (Å²) in [6, 6.07) is 4.40. The first-order valence-electron chi connectivity index (χ1n) is 5.70. The van der Waals surface area contributed by atoms with Crippen LogP contribution in [0, 0.1) is 5.82 Å². The summed E-state index contributed by atoms with van der Waals surface area (Å²) in [5.74, 6) is 0.0912. The molecule has 0 aliphatic carbocycles. The Morgan fingerprint density at radius 1 is 1.53 bits per heavy atom. The summed E-state index contributed by atoms with van der Waals surface area (Å²) in [5, 5.41) is 8.86. The third-order valence-corrected chi connectivity index (χ3v) is 2.49. The number of carbonyl (C=O) groups is 1. The van der Waals surface area contributed by atoms with Crippen LogP contribution in [-0.4, -0.2) is 28.2 Å². The van der Waals surface area contributed by atoms with Gasteiger partial charge in [-0.25, -0.2) is 4.39 Å². The van der Waals surface area contributed by atoms with Crippen LogP contribution in [0.25, 0.3) is 11.4 Å². The summed E-state index contributed by atoms with van der Waals surface area (Å²) in [6.07, 6.45) is 0.320. The number of amides is 1. The van der Waals surface area contributed by atoms with E-state index in [4.69, 9.17) is 4.74 Å². The largest absolute Gasteiger partial charge is 0.497 e. The number of H-pyrrole nitrogens is 1. The Morgan fingerprint density at radius 2 is 2.32 bits per heavy atom. The van der Waals surface area contributed by atoms with E-state index in [0.29, 0.717) is 12.2 Å². The summed E-state index contributed by atoms with van der Waals surface area (Å²) >= 11 is 0. The molecule has 1 aromatic carbocycles. The Hall–Kier alpha value is -2.44. The molecule has 2 N–H and O–H groups in total. The number of nitrogens with zero attached hydrogens (tertiary/aromatic N) is 2. The molecule has 0 spiro atoms. The average Bonchev–Trinajstić information content (AvgIpc) is 2.86. The number of benzene rings is 1. The van der Waals surface area contributed by atoms with Gasteiger partial charge in [0, 0.05) is 12.5 Å². The van der Waals surface area contributed by atoms with Gasteiger partial charge in [0.1, 0.15) is 11.6 Å². The van der Waals surface area contributed by atoms with Gasteiger partial charge in [-0.05, 0) is 12.1 Å². The number of rotatable bonds is 4. The number of methoxy groups -OCH3 is 1. The fourth-order valence-corrected chi connectivity index (χ4v) is 1.47. The molecule has 0 unspecified atom stereocenters. The summed E-state index contributed by atoms with van der Waals surface area (Å²) in [5.41, 5.74) is 0.255. The number of ether oxygens (including phenoxy) is 1. The molecule has 6 nitrogen and oxygen atoms in total. The normalized spacial score (nSPS) is 10.3. The van der Waals surface area contributed by atoms with Crippen LogP contribution in [0.5, 0.6) is 5.75 Å². The van der Waals surface area contributed by atoms with E-state index in [0.717, 1.165) is 0 Å². The van der Waals surface area contributed by atoms with Crippen molar-refractivity contribution in [3.05, 3.63) is 24.0 Å². The van der Waals surface area contributed by atoms with Gasteiger partial charge in [-0.1, -0.05) is 6.92 Å². The predicted molar refractivity (Wildman–Crippen MR) is 67.2 cm³/mol.